The van der Waals surface area contributed by atoms with Gasteiger partial charge in [0.1, 0.15) is 6.10 Å². The number of carbonyl (C=O) groups excluding carboxylic acids is 2. The maximum absolute atomic E-state index is 13.7. The molecule has 0 spiro atoms. The van der Waals surface area contributed by atoms with E-state index in [1.165, 1.54) is 6.07 Å². The normalized spacial score (nSPS) is 16.2. The summed E-state index contributed by atoms with van der Waals surface area (Å²) in [5.74, 6) is -1.13. The molecule has 0 saturated carbocycles. The molecule has 184 valence electrons. The van der Waals surface area contributed by atoms with E-state index in [0.717, 1.165) is 30.7 Å². The highest BCUT2D eigenvalue weighted by atomic mass is 19.4. The van der Waals surface area contributed by atoms with Crippen LogP contribution < -0.4 is 10.6 Å². The van der Waals surface area contributed by atoms with Crippen LogP contribution in [0.1, 0.15) is 55.1 Å². The van der Waals surface area contributed by atoms with Crippen molar-refractivity contribution in [1.82, 2.24) is 4.90 Å². The second-order valence-corrected chi connectivity index (χ2v) is 8.56. The summed E-state index contributed by atoms with van der Waals surface area (Å²) in [5, 5.41) is 4.81. The predicted octanol–water partition coefficient (Wildman–Crippen LogP) is 5.31. The molecule has 2 N–H and O–H groups in total. The van der Waals surface area contributed by atoms with Gasteiger partial charge in [-0.25, -0.2) is 0 Å². The van der Waals surface area contributed by atoms with Gasteiger partial charge in [-0.2, -0.15) is 13.2 Å². The van der Waals surface area contributed by atoms with Gasteiger partial charge in [-0.1, -0.05) is 19.1 Å². The highest BCUT2D eigenvalue weighted by Gasteiger charge is 2.35. The van der Waals surface area contributed by atoms with Crippen LogP contribution in [0, 0.1) is 0 Å². The number of hydrogen-bond acceptors (Lipinski definition) is 4. The fourth-order valence-electron chi connectivity index (χ4n) is 3.82. The van der Waals surface area contributed by atoms with Crippen molar-refractivity contribution in [3.63, 3.8) is 0 Å². The lowest BCUT2D eigenvalue weighted by atomic mass is 10.1. The first-order valence-corrected chi connectivity index (χ1v) is 11.4. The number of ether oxygens (including phenoxy) is 1. The second-order valence-electron chi connectivity index (χ2n) is 8.56. The molecule has 9 heteroatoms. The first kappa shape index (κ1) is 25.7. The van der Waals surface area contributed by atoms with Crippen LogP contribution in [0.15, 0.2) is 42.5 Å². The smallest absolute Gasteiger partial charge is 0.368 e. The van der Waals surface area contributed by atoms with Gasteiger partial charge in [0.2, 0.25) is 0 Å². The van der Waals surface area contributed by atoms with E-state index in [1.54, 1.807) is 24.3 Å². The van der Waals surface area contributed by atoms with Crippen molar-refractivity contribution >= 4 is 23.2 Å². The quantitative estimate of drug-likeness (QED) is 0.541. The molecule has 1 atom stereocenters. The van der Waals surface area contributed by atoms with Crippen LogP contribution in [0.4, 0.5) is 24.5 Å². The van der Waals surface area contributed by atoms with E-state index in [0.29, 0.717) is 25.6 Å². The lowest BCUT2D eigenvalue weighted by Crippen LogP contribution is -2.29. The minimum Gasteiger partial charge on any atom is -0.368 e. The van der Waals surface area contributed by atoms with Gasteiger partial charge in [-0.15, -0.1) is 0 Å². The topological polar surface area (TPSA) is 70.7 Å². The van der Waals surface area contributed by atoms with Crippen LogP contribution in [0.5, 0.6) is 0 Å². The van der Waals surface area contributed by atoms with E-state index in [9.17, 15) is 22.8 Å². The summed E-state index contributed by atoms with van der Waals surface area (Å²) in [6, 6.07) is 10.4. The first-order chi connectivity index (χ1) is 16.1. The summed E-state index contributed by atoms with van der Waals surface area (Å²) >= 11 is 0. The van der Waals surface area contributed by atoms with Gasteiger partial charge in [-0.05, 0) is 69.1 Å². The first-order valence-electron chi connectivity index (χ1n) is 11.4. The number of nitrogens with one attached hydrogen (secondary N) is 2. The molecular weight excluding hydrogens is 447 g/mol. The van der Waals surface area contributed by atoms with Crippen LogP contribution in [0.25, 0.3) is 0 Å². The Morgan fingerprint density at radius 2 is 1.82 bits per heavy atom. The third-order valence-corrected chi connectivity index (χ3v) is 5.80. The summed E-state index contributed by atoms with van der Waals surface area (Å²) < 4.78 is 46.4. The minimum atomic E-state index is -4.72. The molecule has 0 radical (unpaired) electrons. The Kier molecular flexibility index (Phi) is 8.33. The van der Waals surface area contributed by atoms with Crippen LogP contribution in [0.2, 0.25) is 0 Å². The molecule has 2 aromatic carbocycles. The number of amides is 2. The van der Waals surface area contributed by atoms with E-state index < -0.39 is 29.7 Å². The molecule has 2 amide bonds. The van der Waals surface area contributed by atoms with E-state index in [2.05, 4.69) is 36.3 Å². The molecule has 0 aromatic heterocycles. The van der Waals surface area contributed by atoms with Crippen molar-refractivity contribution in [1.29, 1.82) is 0 Å². The highest BCUT2D eigenvalue weighted by Crippen LogP contribution is 2.37. The molecule has 1 aliphatic rings. The summed E-state index contributed by atoms with van der Waals surface area (Å²) in [4.78, 5) is 27.1. The Morgan fingerprint density at radius 3 is 2.38 bits per heavy atom. The Bertz CT molecular complexity index is 1000. The zero-order chi connectivity index (χ0) is 24.9. The number of anilines is 2. The van der Waals surface area contributed by atoms with Gasteiger partial charge in [0.05, 0.1) is 11.3 Å². The average molecular weight is 478 g/mol. The lowest BCUT2D eigenvalue weighted by Gasteiger charge is -2.24. The number of hydrogen-bond donors (Lipinski definition) is 2. The van der Waals surface area contributed by atoms with Gasteiger partial charge in [0, 0.05) is 30.4 Å². The number of carbonyl (C=O) groups is 2. The van der Waals surface area contributed by atoms with Crippen molar-refractivity contribution in [2.45, 2.75) is 58.5 Å². The summed E-state index contributed by atoms with van der Waals surface area (Å²) in [6.07, 6.45) is -4.13. The molecule has 34 heavy (non-hydrogen) atoms. The van der Waals surface area contributed by atoms with Crippen LogP contribution in [-0.2, 0) is 22.3 Å². The Labute approximate surface area is 197 Å². The fraction of sp³-hybridized carbons (Fsp3) is 0.440. The molecular formula is C25H30F3N3O3. The van der Waals surface area contributed by atoms with E-state index in [1.807, 2.05) is 0 Å². The van der Waals surface area contributed by atoms with Crippen LogP contribution in [-0.4, -0.2) is 42.0 Å². The molecule has 6 nitrogen and oxygen atoms in total. The van der Waals surface area contributed by atoms with E-state index >= 15 is 0 Å². The van der Waals surface area contributed by atoms with Crippen LogP contribution in [0.3, 0.4) is 0 Å². The SMILES string of the molecule is CCN(Cc1ccc(C(=O)Nc2ccc(NC(=O)C3CCCO3)cc2C(F)(F)F)cc1)C(C)C. The third kappa shape index (κ3) is 6.57. The summed E-state index contributed by atoms with van der Waals surface area (Å²) in [7, 11) is 0. The molecule has 0 aliphatic carbocycles. The largest absolute Gasteiger partial charge is 0.418 e. The predicted molar refractivity (Wildman–Crippen MR) is 125 cm³/mol. The molecule has 2 aromatic rings. The maximum atomic E-state index is 13.7. The average Bonchev–Trinajstić information content (AvgIpc) is 3.33. The molecule has 0 bridgehead atoms. The standard InChI is InChI=1S/C25H30F3N3O3/c1-4-31(16(2)3)15-17-7-9-18(10-8-17)23(32)30-21-12-11-19(14-20(21)25(26,27)28)29-24(33)22-6-5-13-34-22/h7-12,14,16,22H,4-6,13,15H2,1-3H3,(H,29,33)(H,30,32). The zero-order valence-corrected chi connectivity index (χ0v) is 19.5. The van der Waals surface area contributed by atoms with Gasteiger partial charge in [0.25, 0.3) is 11.8 Å². The second kappa shape index (κ2) is 11.0. The molecule has 1 saturated heterocycles. The molecule has 1 aliphatic heterocycles. The van der Waals surface area contributed by atoms with E-state index in [4.69, 9.17) is 4.74 Å². The molecule has 1 fully saturated rings. The van der Waals surface area contributed by atoms with Gasteiger partial charge in [0.15, 0.2) is 0 Å². The van der Waals surface area contributed by atoms with Crippen molar-refractivity contribution < 1.29 is 27.5 Å². The maximum Gasteiger partial charge on any atom is 0.418 e. The van der Waals surface area contributed by atoms with Crippen molar-refractivity contribution in [2.75, 3.05) is 23.8 Å². The number of benzene rings is 2. The van der Waals surface area contributed by atoms with Crippen LogP contribution >= 0.6 is 0 Å². The number of halogens is 3. The fourth-order valence-corrected chi connectivity index (χ4v) is 3.82. The monoisotopic (exact) mass is 477 g/mol. The van der Waals surface area contributed by atoms with Gasteiger partial charge in [-0.3, -0.25) is 14.5 Å². The van der Waals surface area contributed by atoms with Gasteiger partial charge < -0.3 is 15.4 Å². The Morgan fingerprint density at radius 1 is 1.12 bits per heavy atom. The highest BCUT2D eigenvalue weighted by molar-refractivity contribution is 6.05. The minimum absolute atomic E-state index is 0.0131. The molecule has 1 unspecified atom stereocenters. The number of rotatable bonds is 8. The summed E-state index contributed by atoms with van der Waals surface area (Å²) in [6.45, 7) is 8.31. The van der Waals surface area contributed by atoms with Crippen molar-refractivity contribution in [3.05, 3.63) is 59.2 Å². The Hall–Kier alpha value is -2.91. The summed E-state index contributed by atoms with van der Waals surface area (Å²) in [5.41, 5.74) is -0.178. The lowest BCUT2D eigenvalue weighted by molar-refractivity contribution is -0.137. The van der Waals surface area contributed by atoms with Crippen molar-refractivity contribution in [3.8, 4) is 0 Å². The van der Waals surface area contributed by atoms with Gasteiger partial charge >= 0.3 is 6.18 Å². The number of alkyl halides is 3. The van der Waals surface area contributed by atoms with E-state index in [-0.39, 0.29) is 16.9 Å². The molecule has 1 heterocycles. The number of nitrogens with zero attached hydrogens (tertiary/aromatic N) is 1. The Balaban J connectivity index is 1.73. The molecule has 3 rings (SSSR count). The van der Waals surface area contributed by atoms with Crippen molar-refractivity contribution in [2.24, 2.45) is 0 Å². The zero-order valence-electron chi connectivity index (χ0n) is 19.5. The third-order valence-electron chi connectivity index (χ3n) is 5.80.